The molecule has 0 amide bonds. The minimum atomic E-state index is -0.379. The van der Waals surface area contributed by atoms with Crippen LogP contribution in [0.5, 0.6) is 0 Å². The second kappa shape index (κ2) is 5.55. The third-order valence-corrected chi connectivity index (χ3v) is 3.33. The summed E-state index contributed by atoms with van der Waals surface area (Å²) in [4.78, 5) is 0.139. The van der Waals surface area contributed by atoms with Crippen molar-refractivity contribution in [1.82, 2.24) is 0 Å². The van der Waals surface area contributed by atoms with Gasteiger partial charge in [-0.2, -0.15) is 0 Å². The van der Waals surface area contributed by atoms with Gasteiger partial charge in [0.2, 0.25) is 0 Å². The summed E-state index contributed by atoms with van der Waals surface area (Å²) in [5.41, 5.74) is 8.48. The first-order valence-corrected chi connectivity index (χ1v) is 6.38. The third kappa shape index (κ3) is 3.22. The Morgan fingerprint density at radius 3 is 2.63 bits per heavy atom. The molecular weight excluding hydrogens is 283 g/mol. The second-order valence-corrected chi connectivity index (χ2v) is 4.99. The summed E-state index contributed by atoms with van der Waals surface area (Å²) < 4.78 is 13.2. The van der Waals surface area contributed by atoms with Gasteiger partial charge in [-0.15, -0.1) is 0 Å². The van der Waals surface area contributed by atoms with Crippen molar-refractivity contribution in [3.05, 3.63) is 58.4 Å². The maximum atomic E-state index is 13.2. The van der Waals surface area contributed by atoms with Gasteiger partial charge >= 0.3 is 0 Å². The Labute approximate surface area is 121 Å². The van der Waals surface area contributed by atoms with Gasteiger partial charge in [-0.25, -0.2) is 4.39 Å². The molecule has 0 spiro atoms. The van der Waals surface area contributed by atoms with Gasteiger partial charge in [-0.05, 0) is 42.8 Å². The Bertz CT molecular complexity index is 643. The van der Waals surface area contributed by atoms with Crippen molar-refractivity contribution in [2.45, 2.75) is 6.92 Å². The number of nitrogens with one attached hydrogen (secondary N) is 1. The molecule has 0 atom stereocenters. The van der Waals surface area contributed by atoms with Crippen LogP contribution in [0, 0.1) is 12.7 Å². The number of hydrogen-bond acceptors (Lipinski definition) is 2. The van der Waals surface area contributed by atoms with Crippen LogP contribution in [0.25, 0.3) is 0 Å². The monoisotopic (exact) mass is 294 g/mol. The molecule has 0 unspecified atom stereocenters. The summed E-state index contributed by atoms with van der Waals surface area (Å²) in [6, 6.07) is 9.82. The van der Waals surface area contributed by atoms with E-state index in [1.54, 1.807) is 12.1 Å². The molecule has 0 aliphatic carbocycles. The minimum absolute atomic E-state index is 0.139. The maximum Gasteiger partial charge on any atom is 0.124 e. The van der Waals surface area contributed by atoms with Gasteiger partial charge in [0.15, 0.2) is 0 Å². The molecule has 2 aromatic carbocycles. The summed E-state index contributed by atoms with van der Waals surface area (Å²) in [6.45, 7) is 1.92. The van der Waals surface area contributed by atoms with Crippen molar-refractivity contribution in [2.75, 3.05) is 5.32 Å². The molecule has 0 radical (unpaired) electrons. The molecule has 0 saturated heterocycles. The molecule has 0 fully saturated rings. The standard InChI is InChI=1S/C14H12ClFN2S/c1-8-2-4-10(7-12(8)15)18-13-5-3-9(16)6-11(13)14(17)19/h2-7,18H,1H3,(H2,17,19). The van der Waals surface area contributed by atoms with E-state index in [2.05, 4.69) is 5.32 Å². The van der Waals surface area contributed by atoms with E-state index in [9.17, 15) is 4.39 Å². The zero-order valence-electron chi connectivity index (χ0n) is 10.2. The van der Waals surface area contributed by atoms with Gasteiger partial charge < -0.3 is 11.1 Å². The van der Waals surface area contributed by atoms with Crippen LogP contribution < -0.4 is 11.1 Å². The lowest BCUT2D eigenvalue weighted by molar-refractivity contribution is 0.628. The Balaban J connectivity index is 2.37. The molecule has 2 aromatic rings. The van der Waals surface area contributed by atoms with Crippen LogP contribution in [-0.4, -0.2) is 4.99 Å². The molecule has 19 heavy (non-hydrogen) atoms. The fourth-order valence-electron chi connectivity index (χ4n) is 1.66. The molecule has 3 N–H and O–H groups in total. The number of hydrogen-bond donors (Lipinski definition) is 2. The lowest BCUT2D eigenvalue weighted by Gasteiger charge is -2.12. The van der Waals surface area contributed by atoms with E-state index in [-0.39, 0.29) is 10.8 Å². The lowest BCUT2D eigenvalue weighted by atomic mass is 10.1. The first kappa shape index (κ1) is 13.8. The van der Waals surface area contributed by atoms with Crippen molar-refractivity contribution in [2.24, 2.45) is 5.73 Å². The number of thiocarbonyl (C=S) groups is 1. The van der Waals surface area contributed by atoms with E-state index < -0.39 is 0 Å². The average molecular weight is 295 g/mol. The molecule has 0 aromatic heterocycles. The van der Waals surface area contributed by atoms with Gasteiger partial charge in [-0.3, -0.25) is 0 Å². The SMILES string of the molecule is Cc1ccc(Nc2ccc(F)cc2C(N)=S)cc1Cl. The first-order chi connectivity index (χ1) is 8.97. The summed E-state index contributed by atoms with van der Waals surface area (Å²) in [5.74, 6) is -0.379. The molecule has 0 heterocycles. The van der Waals surface area contributed by atoms with Crippen molar-refractivity contribution in [3.63, 3.8) is 0 Å². The first-order valence-electron chi connectivity index (χ1n) is 5.60. The molecule has 0 saturated carbocycles. The average Bonchev–Trinajstić information content (AvgIpc) is 2.36. The molecule has 2 rings (SSSR count). The minimum Gasteiger partial charge on any atom is -0.389 e. The highest BCUT2D eigenvalue weighted by atomic mass is 35.5. The Morgan fingerprint density at radius 1 is 1.26 bits per heavy atom. The zero-order valence-corrected chi connectivity index (χ0v) is 11.8. The largest absolute Gasteiger partial charge is 0.389 e. The van der Waals surface area contributed by atoms with E-state index >= 15 is 0 Å². The van der Waals surface area contributed by atoms with Crippen LogP contribution in [0.4, 0.5) is 15.8 Å². The second-order valence-electron chi connectivity index (χ2n) is 4.14. The van der Waals surface area contributed by atoms with E-state index in [0.717, 1.165) is 11.3 Å². The molecular formula is C14H12ClFN2S. The highest BCUT2D eigenvalue weighted by molar-refractivity contribution is 7.80. The van der Waals surface area contributed by atoms with Crippen molar-refractivity contribution >= 4 is 40.2 Å². The van der Waals surface area contributed by atoms with Crippen molar-refractivity contribution < 1.29 is 4.39 Å². The number of rotatable bonds is 3. The number of anilines is 2. The Morgan fingerprint density at radius 2 is 2.00 bits per heavy atom. The molecule has 5 heteroatoms. The lowest BCUT2D eigenvalue weighted by Crippen LogP contribution is -2.12. The van der Waals surface area contributed by atoms with Crippen LogP contribution in [0.3, 0.4) is 0 Å². The summed E-state index contributed by atoms with van der Waals surface area (Å²) in [7, 11) is 0. The van der Waals surface area contributed by atoms with E-state index in [4.69, 9.17) is 29.6 Å². The third-order valence-electron chi connectivity index (χ3n) is 2.70. The fraction of sp³-hybridized carbons (Fsp3) is 0.0714. The quantitative estimate of drug-likeness (QED) is 0.835. The number of aryl methyl sites for hydroxylation is 1. The Kier molecular flexibility index (Phi) is 4.02. The summed E-state index contributed by atoms with van der Waals surface area (Å²) in [5, 5.41) is 3.79. The Hall–Kier alpha value is -1.65. The maximum absolute atomic E-state index is 13.2. The van der Waals surface area contributed by atoms with Gasteiger partial charge in [0.1, 0.15) is 10.8 Å². The normalized spacial score (nSPS) is 10.3. The van der Waals surface area contributed by atoms with Gasteiger partial charge in [0, 0.05) is 22.0 Å². The van der Waals surface area contributed by atoms with Gasteiger partial charge in [0.05, 0.1) is 0 Å². The topological polar surface area (TPSA) is 38.0 Å². The van der Waals surface area contributed by atoms with E-state index in [1.165, 1.54) is 12.1 Å². The van der Waals surface area contributed by atoms with Crippen LogP contribution in [0.15, 0.2) is 36.4 Å². The number of nitrogens with two attached hydrogens (primary N) is 1. The molecule has 0 bridgehead atoms. The predicted molar refractivity (Wildman–Crippen MR) is 81.8 cm³/mol. The van der Waals surface area contributed by atoms with Crippen molar-refractivity contribution in [1.29, 1.82) is 0 Å². The summed E-state index contributed by atoms with van der Waals surface area (Å²) >= 11 is 11.0. The highest BCUT2D eigenvalue weighted by Gasteiger charge is 2.07. The number of halogens is 2. The molecule has 0 aliphatic rings. The fourth-order valence-corrected chi connectivity index (χ4v) is 2.00. The zero-order chi connectivity index (χ0) is 14.0. The smallest absolute Gasteiger partial charge is 0.124 e. The molecule has 98 valence electrons. The van der Waals surface area contributed by atoms with E-state index in [0.29, 0.717) is 16.3 Å². The van der Waals surface area contributed by atoms with Crippen molar-refractivity contribution in [3.8, 4) is 0 Å². The number of benzene rings is 2. The predicted octanol–water partition coefficient (Wildman–Crippen LogP) is 4.17. The van der Waals surface area contributed by atoms with E-state index in [1.807, 2.05) is 19.1 Å². The highest BCUT2D eigenvalue weighted by Crippen LogP contribution is 2.25. The molecule has 2 nitrogen and oxygen atoms in total. The van der Waals surface area contributed by atoms with Crippen LogP contribution in [-0.2, 0) is 0 Å². The van der Waals surface area contributed by atoms with Gasteiger partial charge in [0.25, 0.3) is 0 Å². The van der Waals surface area contributed by atoms with Crippen LogP contribution >= 0.6 is 23.8 Å². The summed E-state index contributed by atoms with van der Waals surface area (Å²) in [6.07, 6.45) is 0. The van der Waals surface area contributed by atoms with Crippen LogP contribution in [0.1, 0.15) is 11.1 Å². The van der Waals surface area contributed by atoms with Gasteiger partial charge in [-0.1, -0.05) is 29.9 Å². The van der Waals surface area contributed by atoms with Crippen LogP contribution in [0.2, 0.25) is 5.02 Å². The molecule has 0 aliphatic heterocycles.